The molecular formula is C14H21N3O2S. The molecule has 5 nitrogen and oxygen atoms in total. The molecular weight excluding hydrogens is 274 g/mol. The van der Waals surface area contributed by atoms with Crippen molar-refractivity contribution in [1.82, 2.24) is 15.5 Å². The fourth-order valence-corrected chi connectivity index (χ4v) is 3.62. The lowest BCUT2D eigenvalue weighted by Crippen LogP contribution is -2.41. The molecule has 110 valence electrons. The van der Waals surface area contributed by atoms with Crippen molar-refractivity contribution in [3.8, 4) is 0 Å². The van der Waals surface area contributed by atoms with E-state index in [-0.39, 0.29) is 5.91 Å². The monoisotopic (exact) mass is 295 g/mol. The fraction of sp³-hybridized carbons (Fsp3) is 0.571. The summed E-state index contributed by atoms with van der Waals surface area (Å²) >= 11 is 1.82. The van der Waals surface area contributed by atoms with Crippen LogP contribution < -0.4 is 10.6 Å². The summed E-state index contributed by atoms with van der Waals surface area (Å²) in [5, 5.41) is 6.83. The predicted molar refractivity (Wildman–Crippen MR) is 79.8 cm³/mol. The maximum Gasteiger partial charge on any atom is 0.321 e. The molecule has 2 heterocycles. The summed E-state index contributed by atoms with van der Waals surface area (Å²) in [5.74, 6) is -0.227. The van der Waals surface area contributed by atoms with Crippen LogP contribution in [0.3, 0.4) is 0 Å². The first-order chi connectivity index (χ1) is 9.65. The van der Waals surface area contributed by atoms with E-state index in [4.69, 9.17) is 0 Å². The second kappa shape index (κ2) is 6.85. The number of rotatable bonds is 4. The van der Waals surface area contributed by atoms with Gasteiger partial charge >= 0.3 is 6.03 Å². The number of nitrogens with zero attached hydrogens (tertiary/aromatic N) is 1. The number of fused-ring (bicyclic) bond motifs is 1. The van der Waals surface area contributed by atoms with Crippen molar-refractivity contribution < 1.29 is 9.59 Å². The first-order valence-electron chi connectivity index (χ1n) is 6.97. The zero-order chi connectivity index (χ0) is 14.5. The molecule has 0 fully saturated rings. The summed E-state index contributed by atoms with van der Waals surface area (Å²) in [4.78, 5) is 26.5. The second-order valence-electron chi connectivity index (χ2n) is 4.89. The van der Waals surface area contributed by atoms with E-state index in [1.165, 1.54) is 17.5 Å². The van der Waals surface area contributed by atoms with E-state index in [9.17, 15) is 9.59 Å². The molecule has 20 heavy (non-hydrogen) atoms. The van der Waals surface area contributed by atoms with Crippen LogP contribution in [0.4, 0.5) is 4.79 Å². The zero-order valence-electron chi connectivity index (χ0n) is 11.9. The van der Waals surface area contributed by atoms with E-state index in [0.717, 1.165) is 19.4 Å². The van der Waals surface area contributed by atoms with Crippen molar-refractivity contribution in [2.45, 2.75) is 32.2 Å². The van der Waals surface area contributed by atoms with Crippen LogP contribution >= 0.6 is 11.3 Å². The van der Waals surface area contributed by atoms with Gasteiger partial charge in [-0.3, -0.25) is 15.0 Å². The molecule has 2 rings (SSSR count). The third kappa shape index (κ3) is 3.37. The minimum Gasteiger partial charge on any atom is -0.341 e. The van der Waals surface area contributed by atoms with E-state index in [0.29, 0.717) is 19.0 Å². The topological polar surface area (TPSA) is 61.4 Å². The van der Waals surface area contributed by atoms with Crippen molar-refractivity contribution in [2.24, 2.45) is 0 Å². The molecule has 0 bridgehead atoms. The minimum atomic E-state index is -0.444. The highest BCUT2D eigenvalue weighted by atomic mass is 32.1. The van der Waals surface area contributed by atoms with Gasteiger partial charge in [0, 0.05) is 37.5 Å². The highest BCUT2D eigenvalue weighted by Crippen LogP contribution is 2.34. The molecule has 1 unspecified atom stereocenters. The van der Waals surface area contributed by atoms with Gasteiger partial charge in [-0.2, -0.15) is 0 Å². The van der Waals surface area contributed by atoms with Gasteiger partial charge in [0.1, 0.15) is 0 Å². The summed E-state index contributed by atoms with van der Waals surface area (Å²) in [6, 6.07) is 2.16. The van der Waals surface area contributed by atoms with Gasteiger partial charge in [-0.05, 0) is 29.9 Å². The van der Waals surface area contributed by atoms with Crippen LogP contribution in [0.1, 0.15) is 36.2 Å². The van der Waals surface area contributed by atoms with Gasteiger partial charge in [0.15, 0.2) is 0 Å². The van der Waals surface area contributed by atoms with Gasteiger partial charge in [0.05, 0.1) is 0 Å². The quantitative estimate of drug-likeness (QED) is 0.892. The number of hydrogen-bond donors (Lipinski definition) is 2. The minimum absolute atomic E-state index is 0.227. The van der Waals surface area contributed by atoms with Crippen LogP contribution in [0.2, 0.25) is 0 Å². The molecule has 0 saturated carbocycles. The van der Waals surface area contributed by atoms with Gasteiger partial charge in [-0.15, -0.1) is 11.3 Å². The van der Waals surface area contributed by atoms with Crippen LogP contribution in [0.5, 0.6) is 0 Å². The molecule has 0 aromatic carbocycles. The van der Waals surface area contributed by atoms with E-state index in [1.807, 2.05) is 11.3 Å². The van der Waals surface area contributed by atoms with E-state index in [1.54, 1.807) is 0 Å². The lowest BCUT2D eigenvalue weighted by Gasteiger charge is -2.35. The highest BCUT2D eigenvalue weighted by Gasteiger charge is 2.26. The summed E-state index contributed by atoms with van der Waals surface area (Å²) < 4.78 is 0. The molecule has 1 aromatic rings. The first kappa shape index (κ1) is 15.0. The Labute approximate surface area is 123 Å². The van der Waals surface area contributed by atoms with Gasteiger partial charge in [-0.25, -0.2) is 4.79 Å². The smallest absolute Gasteiger partial charge is 0.321 e. The molecule has 3 amide bonds. The number of imide groups is 1. The largest absolute Gasteiger partial charge is 0.341 e. The number of hydrogen-bond acceptors (Lipinski definition) is 4. The standard InChI is InChI=1S/C14H21N3O2S/c1-3-11-10-6-9-20-12(10)4-7-17(11)8-5-13(18)16-14(19)15-2/h6,9,11H,3-5,7-8H2,1-2H3,(H2,15,16,18,19). The van der Waals surface area contributed by atoms with Crippen LogP contribution in [-0.2, 0) is 11.2 Å². The third-order valence-electron chi connectivity index (χ3n) is 3.70. The number of thiophene rings is 1. The van der Waals surface area contributed by atoms with Crippen molar-refractivity contribution in [2.75, 3.05) is 20.1 Å². The Bertz CT molecular complexity index is 487. The highest BCUT2D eigenvalue weighted by molar-refractivity contribution is 7.10. The van der Waals surface area contributed by atoms with Crippen LogP contribution in [0.25, 0.3) is 0 Å². The molecule has 0 saturated heterocycles. The summed E-state index contributed by atoms with van der Waals surface area (Å²) in [5.41, 5.74) is 1.41. The molecule has 1 atom stereocenters. The summed E-state index contributed by atoms with van der Waals surface area (Å²) in [7, 11) is 1.50. The van der Waals surface area contributed by atoms with Crippen molar-refractivity contribution in [3.63, 3.8) is 0 Å². The lowest BCUT2D eigenvalue weighted by molar-refractivity contribution is -0.120. The van der Waals surface area contributed by atoms with Gasteiger partial charge < -0.3 is 5.32 Å². The van der Waals surface area contributed by atoms with Crippen molar-refractivity contribution in [3.05, 3.63) is 21.9 Å². The maximum atomic E-state index is 11.6. The summed E-state index contributed by atoms with van der Waals surface area (Å²) in [6.07, 6.45) is 2.45. The van der Waals surface area contributed by atoms with Crippen LogP contribution in [-0.4, -0.2) is 37.0 Å². The molecule has 2 N–H and O–H groups in total. The van der Waals surface area contributed by atoms with Crippen molar-refractivity contribution >= 4 is 23.3 Å². The van der Waals surface area contributed by atoms with Crippen LogP contribution in [0.15, 0.2) is 11.4 Å². The number of carbonyl (C=O) groups is 2. The Morgan fingerprint density at radius 3 is 3.00 bits per heavy atom. The average molecular weight is 295 g/mol. The molecule has 6 heteroatoms. The zero-order valence-corrected chi connectivity index (χ0v) is 12.8. The molecule has 0 aliphatic carbocycles. The first-order valence-corrected chi connectivity index (χ1v) is 7.85. The molecule has 1 aliphatic heterocycles. The Hall–Kier alpha value is -1.40. The Balaban J connectivity index is 1.90. The average Bonchev–Trinajstić information content (AvgIpc) is 2.92. The van der Waals surface area contributed by atoms with E-state index < -0.39 is 6.03 Å². The van der Waals surface area contributed by atoms with E-state index >= 15 is 0 Å². The number of carbonyl (C=O) groups excluding carboxylic acids is 2. The van der Waals surface area contributed by atoms with Gasteiger partial charge in [0.2, 0.25) is 5.91 Å². The van der Waals surface area contributed by atoms with E-state index in [2.05, 4.69) is 33.9 Å². The normalized spacial score (nSPS) is 18.4. The number of nitrogens with one attached hydrogen (secondary N) is 2. The SMILES string of the molecule is CCC1c2ccsc2CCN1CCC(=O)NC(=O)NC. The number of amides is 3. The molecule has 0 spiro atoms. The Kier molecular flexibility index (Phi) is 5.14. The van der Waals surface area contributed by atoms with Gasteiger partial charge in [0.25, 0.3) is 0 Å². The maximum absolute atomic E-state index is 11.6. The van der Waals surface area contributed by atoms with Gasteiger partial charge in [-0.1, -0.05) is 6.92 Å². The molecule has 1 aliphatic rings. The fourth-order valence-electron chi connectivity index (χ4n) is 2.69. The molecule has 0 radical (unpaired) electrons. The Morgan fingerprint density at radius 2 is 2.30 bits per heavy atom. The second-order valence-corrected chi connectivity index (χ2v) is 5.89. The number of urea groups is 1. The summed E-state index contributed by atoms with van der Waals surface area (Å²) in [6.45, 7) is 3.85. The predicted octanol–water partition coefficient (Wildman–Crippen LogP) is 1.90. The van der Waals surface area contributed by atoms with Crippen molar-refractivity contribution in [1.29, 1.82) is 0 Å². The third-order valence-corrected chi connectivity index (χ3v) is 4.70. The molecule has 1 aromatic heterocycles. The Morgan fingerprint density at radius 1 is 1.50 bits per heavy atom. The van der Waals surface area contributed by atoms with Crippen LogP contribution in [0, 0.1) is 0 Å². The lowest BCUT2D eigenvalue weighted by atomic mass is 9.97.